The third kappa shape index (κ3) is 9.07. The van der Waals surface area contributed by atoms with E-state index in [9.17, 15) is 26.3 Å². The second kappa shape index (κ2) is 11.8. The van der Waals surface area contributed by atoms with E-state index in [4.69, 9.17) is 0 Å². The van der Waals surface area contributed by atoms with E-state index >= 15 is 0 Å². The summed E-state index contributed by atoms with van der Waals surface area (Å²) in [5.41, 5.74) is 0. The second-order valence-electron chi connectivity index (χ2n) is 6.29. The molecule has 0 amide bonds. The molecule has 0 rings (SSSR count). The Labute approximate surface area is 146 Å². The molecule has 0 atom stereocenters. The molecule has 0 aromatic carbocycles. The zero-order chi connectivity index (χ0) is 18.7. The second-order valence-corrected chi connectivity index (χ2v) is 11.1. The Hall–Kier alpha value is 0.230. The van der Waals surface area contributed by atoms with Crippen LogP contribution in [0.25, 0.3) is 0 Å². The highest BCUT2D eigenvalue weighted by molar-refractivity contribution is 8.15. The molecule has 0 spiro atoms. The Morgan fingerprint density at radius 3 is 1.17 bits per heavy atom. The first-order valence-electron chi connectivity index (χ1n) is 8.79. The summed E-state index contributed by atoms with van der Waals surface area (Å²) in [6.07, 6.45) is 10.4. The monoisotopic (exact) mass is 398 g/mol. The van der Waals surface area contributed by atoms with Gasteiger partial charge in [0.1, 0.15) is 0 Å². The Morgan fingerprint density at radius 2 is 0.875 bits per heavy atom. The Bertz CT molecular complexity index is 347. The van der Waals surface area contributed by atoms with Gasteiger partial charge in [0, 0.05) is 0 Å². The van der Waals surface area contributed by atoms with Crippen molar-refractivity contribution in [3.8, 4) is 0 Å². The molecule has 24 heavy (non-hydrogen) atoms. The molecule has 0 N–H and O–H groups in total. The van der Waals surface area contributed by atoms with Crippen molar-refractivity contribution in [3.05, 3.63) is 0 Å². The zero-order valence-corrected chi connectivity index (χ0v) is 16.0. The van der Waals surface area contributed by atoms with Gasteiger partial charge in [-0.1, -0.05) is 89.4 Å². The van der Waals surface area contributed by atoms with E-state index in [1.807, 2.05) is 0 Å². The topological polar surface area (TPSA) is 0 Å². The van der Waals surface area contributed by atoms with Crippen LogP contribution in [-0.4, -0.2) is 18.0 Å². The van der Waals surface area contributed by atoms with E-state index in [1.165, 1.54) is 32.1 Å². The first kappa shape index (κ1) is 24.2. The summed E-state index contributed by atoms with van der Waals surface area (Å²) in [6, 6.07) is -5.33. The quantitative estimate of drug-likeness (QED) is 0.171. The van der Waals surface area contributed by atoms with E-state index in [0.29, 0.717) is 12.8 Å². The van der Waals surface area contributed by atoms with Crippen molar-refractivity contribution >= 4 is 17.8 Å². The van der Waals surface area contributed by atoms with Crippen LogP contribution >= 0.6 is 6.04 Å². The molecule has 0 nitrogen and oxygen atoms in total. The molecule has 0 saturated carbocycles. The van der Waals surface area contributed by atoms with Crippen LogP contribution in [0.4, 0.5) is 26.3 Å². The molecule has 0 aromatic rings. The van der Waals surface area contributed by atoms with Crippen LogP contribution in [0.1, 0.15) is 84.0 Å². The van der Waals surface area contributed by atoms with Crippen LogP contribution < -0.4 is 0 Å². The van der Waals surface area contributed by atoms with Gasteiger partial charge in [-0.05, 0) is 12.6 Å². The van der Waals surface area contributed by atoms with Gasteiger partial charge in [0.25, 0.3) is 0 Å². The maximum atomic E-state index is 12.7. The molecule has 146 valence electrons. The lowest BCUT2D eigenvalue weighted by atomic mass is 10.1. The van der Waals surface area contributed by atoms with Crippen molar-refractivity contribution in [2.75, 3.05) is 6.16 Å². The third-order valence-electron chi connectivity index (χ3n) is 4.15. The average Bonchev–Trinajstić information content (AvgIpc) is 2.45. The van der Waals surface area contributed by atoms with Crippen molar-refractivity contribution in [1.29, 1.82) is 0 Å². The summed E-state index contributed by atoms with van der Waals surface area (Å²) < 4.78 is 75.9. The van der Waals surface area contributed by atoms with Crippen LogP contribution in [0, 0.1) is 0 Å². The van der Waals surface area contributed by atoms with Crippen LogP contribution in [0.3, 0.4) is 0 Å². The first-order chi connectivity index (χ1) is 11.1. The predicted octanol–water partition coefficient (Wildman–Crippen LogP) is 8.21. The molecule has 0 fully saturated rings. The number of unbranched alkanes of at least 4 members (excludes halogenated alkanes) is 11. The van der Waals surface area contributed by atoms with E-state index in [1.54, 1.807) is 0 Å². The number of hydrogen-bond acceptors (Lipinski definition) is 1. The molecular formula is C16H29F6PS. The lowest BCUT2D eigenvalue weighted by Gasteiger charge is -2.26. The number of halogens is 6. The molecule has 0 aliphatic heterocycles. The molecule has 0 aliphatic carbocycles. The van der Waals surface area contributed by atoms with Gasteiger partial charge in [-0.2, -0.15) is 26.3 Å². The van der Waals surface area contributed by atoms with Crippen molar-refractivity contribution in [3.63, 3.8) is 0 Å². The van der Waals surface area contributed by atoms with Crippen LogP contribution in [-0.2, 0) is 11.8 Å². The zero-order valence-electron chi connectivity index (χ0n) is 14.3. The number of hydrogen-bond donors (Lipinski definition) is 0. The van der Waals surface area contributed by atoms with Crippen molar-refractivity contribution in [2.45, 2.75) is 95.8 Å². The largest absolute Gasteiger partial charge is 0.422 e. The lowest BCUT2D eigenvalue weighted by Crippen LogP contribution is -2.24. The molecule has 0 saturated heterocycles. The lowest BCUT2D eigenvalue weighted by molar-refractivity contribution is -0.0844. The van der Waals surface area contributed by atoms with Gasteiger partial charge in [0.05, 0.1) is 0 Å². The average molecular weight is 398 g/mol. The van der Waals surface area contributed by atoms with Crippen molar-refractivity contribution in [1.82, 2.24) is 0 Å². The van der Waals surface area contributed by atoms with Crippen LogP contribution in [0.15, 0.2) is 0 Å². The summed E-state index contributed by atoms with van der Waals surface area (Å²) >= 11 is 4.02. The minimum Gasteiger partial charge on any atom is -0.166 e. The van der Waals surface area contributed by atoms with Crippen LogP contribution in [0.5, 0.6) is 0 Å². The fourth-order valence-corrected chi connectivity index (χ4v) is 4.42. The summed E-state index contributed by atoms with van der Waals surface area (Å²) in [6.45, 7) is 2.17. The van der Waals surface area contributed by atoms with E-state index in [2.05, 4.69) is 18.7 Å². The van der Waals surface area contributed by atoms with Gasteiger partial charge in [-0.15, -0.1) is 0 Å². The summed E-state index contributed by atoms with van der Waals surface area (Å²) in [5, 5.41) is 0. The van der Waals surface area contributed by atoms with E-state index < -0.39 is 24.0 Å². The SMILES string of the molecule is CCCCCCCCCCCCCCP(=S)(C(F)(F)F)C(F)(F)F. The highest BCUT2D eigenvalue weighted by atomic mass is 32.4. The molecule has 0 radical (unpaired) electrons. The summed E-state index contributed by atoms with van der Waals surface area (Å²) in [5.74, 6) is -10.6. The predicted molar refractivity (Wildman–Crippen MR) is 92.3 cm³/mol. The van der Waals surface area contributed by atoms with Gasteiger partial charge < -0.3 is 0 Å². The van der Waals surface area contributed by atoms with Crippen molar-refractivity contribution in [2.24, 2.45) is 0 Å². The normalized spacial score (nSPS) is 13.5. The minimum absolute atomic E-state index is 0.0900. The maximum Gasteiger partial charge on any atom is 0.422 e. The van der Waals surface area contributed by atoms with Gasteiger partial charge in [-0.25, -0.2) is 0 Å². The van der Waals surface area contributed by atoms with Gasteiger partial charge in [-0.3, -0.25) is 0 Å². The highest BCUT2D eigenvalue weighted by Crippen LogP contribution is 2.71. The van der Waals surface area contributed by atoms with Crippen LogP contribution in [0.2, 0.25) is 0 Å². The molecule has 8 heteroatoms. The Kier molecular flexibility index (Phi) is 11.9. The molecular weight excluding hydrogens is 369 g/mol. The van der Waals surface area contributed by atoms with E-state index in [-0.39, 0.29) is 6.42 Å². The van der Waals surface area contributed by atoms with Crippen molar-refractivity contribution < 1.29 is 26.3 Å². The molecule has 0 bridgehead atoms. The number of alkyl halides is 6. The molecule has 0 unspecified atom stereocenters. The number of rotatable bonds is 13. The summed E-state index contributed by atoms with van der Waals surface area (Å²) in [7, 11) is 0. The standard InChI is InChI=1S/C16H29F6PS/c1-2-3-4-5-6-7-8-9-10-11-12-13-14-23(24,15(17,18)19)16(20,21)22/h2-14H2,1H3. The summed E-state index contributed by atoms with van der Waals surface area (Å²) in [4.78, 5) is 0. The third-order valence-corrected chi connectivity index (χ3v) is 8.52. The maximum absolute atomic E-state index is 12.7. The molecule has 0 heterocycles. The van der Waals surface area contributed by atoms with Gasteiger partial charge >= 0.3 is 11.8 Å². The minimum atomic E-state index is -5.33. The highest BCUT2D eigenvalue weighted by Gasteiger charge is 2.62. The first-order valence-corrected chi connectivity index (χ1v) is 11.8. The molecule has 0 aliphatic rings. The van der Waals surface area contributed by atoms with Gasteiger partial charge in [0.15, 0.2) is 6.04 Å². The fourth-order valence-electron chi connectivity index (χ4n) is 2.57. The smallest absolute Gasteiger partial charge is 0.166 e. The fraction of sp³-hybridized carbons (Fsp3) is 1.00. The Balaban J connectivity index is 3.77. The van der Waals surface area contributed by atoms with E-state index in [0.717, 1.165) is 25.7 Å². The van der Waals surface area contributed by atoms with Gasteiger partial charge in [0.2, 0.25) is 0 Å². The Morgan fingerprint density at radius 1 is 0.583 bits per heavy atom. The molecule has 0 aromatic heterocycles.